The smallest absolute Gasteiger partial charge is 0.0278 e. The Morgan fingerprint density at radius 3 is 2.79 bits per heavy atom. The molecular formula is C13H23N. The SMILES string of the molecule is C=CC(NCCC)C1CC2CCC1C2. The second-order valence-corrected chi connectivity index (χ2v) is 5.05. The zero-order valence-electron chi connectivity index (χ0n) is 9.34. The van der Waals surface area contributed by atoms with E-state index in [2.05, 4.69) is 24.9 Å². The lowest BCUT2D eigenvalue weighted by atomic mass is 9.83. The van der Waals surface area contributed by atoms with Gasteiger partial charge in [0.1, 0.15) is 0 Å². The molecule has 2 aliphatic rings. The Kier molecular flexibility index (Phi) is 3.27. The molecule has 14 heavy (non-hydrogen) atoms. The minimum absolute atomic E-state index is 0.588. The summed E-state index contributed by atoms with van der Waals surface area (Å²) in [6.45, 7) is 7.35. The average Bonchev–Trinajstić information content (AvgIpc) is 2.80. The summed E-state index contributed by atoms with van der Waals surface area (Å²) >= 11 is 0. The Morgan fingerprint density at radius 2 is 2.29 bits per heavy atom. The van der Waals surface area contributed by atoms with Crippen molar-refractivity contribution in [1.82, 2.24) is 5.32 Å². The van der Waals surface area contributed by atoms with Crippen molar-refractivity contribution >= 4 is 0 Å². The van der Waals surface area contributed by atoms with Crippen LogP contribution in [0.5, 0.6) is 0 Å². The van der Waals surface area contributed by atoms with E-state index in [9.17, 15) is 0 Å². The minimum atomic E-state index is 0.588. The van der Waals surface area contributed by atoms with Crippen LogP contribution in [0.25, 0.3) is 0 Å². The van der Waals surface area contributed by atoms with Crippen LogP contribution in [0.3, 0.4) is 0 Å². The monoisotopic (exact) mass is 193 g/mol. The lowest BCUT2D eigenvalue weighted by Gasteiger charge is -2.29. The third kappa shape index (κ3) is 1.88. The largest absolute Gasteiger partial charge is 0.310 e. The first-order valence-corrected chi connectivity index (χ1v) is 6.21. The van der Waals surface area contributed by atoms with E-state index in [0.717, 1.165) is 24.3 Å². The van der Waals surface area contributed by atoms with E-state index in [1.54, 1.807) is 0 Å². The van der Waals surface area contributed by atoms with Crippen LogP contribution >= 0.6 is 0 Å². The van der Waals surface area contributed by atoms with E-state index in [1.165, 1.54) is 32.1 Å². The minimum Gasteiger partial charge on any atom is -0.310 e. The van der Waals surface area contributed by atoms with Gasteiger partial charge in [-0.05, 0) is 50.0 Å². The van der Waals surface area contributed by atoms with E-state index in [4.69, 9.17) is 0 Å². The van der Waals surface area contributed by atoms with Gasteiger partial charge < -0.3 is 5.32 Å². The van der Waals surface area contributed by atoms with Gasteiger partial charge >= 0.3 is 0 Å². The first-order valence-electron chi connectivity index (χ1n) is 6.21. The molecule has 80 valence electrons. The van der Waals surface area contributed by atoms with Gasteiger partial charge in [-0.3, -0.25) is 0 Å². The molecule has 1 heteroatoms. The highest BCUT2D eigenvalue weighted by Gasteiger charge is 2.41. The predicted molar refractivity (Wildman–Crippen MR) is 61.2 cm³/mol. The van der Waals surface area contributed by atoms with Crippen molar-refractivity contribution in [2.75, 3.05) is 6.54 Å². The summed E-state index contributed by atoms with van der Waals surface area (Å²) in [5.74, 6) is 2.96. The van der Waals surface area contributed by atoms with Crippen LogP contribution in [0.15, 0.2) is 12.7 Å². The van der Waals surface area contributed by atoms with Gasteiger partial charge in [0, 0.05) is 6.04 Å². The lowest BCUT2D eigenvalue weighted by molar-refractivity contribution is 0.279. The van der Waals surface area contributed by atoms with E-state index in [1.807, 2.05) is 0 Å². The van der Waals surface area contributed by atoms with Crippen LogP contribution < -0.4 is 5.32 Å². The summed E-state index contributed by atoms with van der Waals surface area (Å²) in [5, 5.41) is 3.63. The number of nitrogens with one attached hydrogen (secondary N) is 1. The van der Waals surface area contributed by atoms with Crippen LogP contribution in [0.2, 0.25) is 0 Å². The molecule has 1 nitrogen and oxygen atoms in total. The van der Waals surface area contributed by atoms with Crippen LogP contribution in [0.1, 0.15) is 39.0 Å². The topological polar surface area (TPSA) is 12.0 Å². The van der Waals surface area contributed by atoms with Crippen LogP contribution in [0, 0.1) is 17.8 Å². The quantitative estimate of drug-likeness (QED) is 0.662. The van der Waals surface area contributed by atoms with Gasteiger partial charge in [-0.15, -0.1) is 6.58 Å². The molecule has 2 bridgehead atoms. The summed E-state index contributed by atoms with van der Waals surface area (Å²) in [6, 6.07) is 0.588. The van der Waals surface area contributed by atoms with Crippen molar-refractivity contribution in [3.63, 3.8) is 0 Å². The van der Waals surface area contributed by atoms with E-state index in [0.29, 0.717) is 6.04 Å². The third-order valence-corrected chi connectivity index (χ3v) is 4.14. The van der Waals surface area contributed by atoms with Gasteiger partial charge in [-0.25, -0.2) is 0 Å². The average molecular weight is 193 g/mol. The van der Waals surface area contributed by atoms with E-state index < -0.39 is 0 Å². The predicted octanol–water partition coefficient (Wildman–Crippen LogP) is 2.98. The number of hydrogen-bond donors (Lipinski definition) is 1. The summed E-state index contributed by atoms with van der Waals surface area (Å²) in [6.07, 6.45) is 9.30. The lowest BCUT2D eigenvalue weighted by Crippen LogP contribution is -2.37. The molecule has 0 aromatic rings. The molecule has 2 aliphatic carbocycles. The Labute approximate surface area is 88.0 Å². The van der Waals surface area contributed by atoms with Gasteiger partial charge in [0.2, 0.25) is 0 Å². The van der Waals surface area contributed by atoms with E-state index in [-0.39, 0.29) is 0 Å². The van der Waals surface area contributed by atoms with Crippen molar-refractivity contribution < 1.29 is 0 Å². The Bertz CT molecular complexity index is 199. The van der Waals surface area contributed by atoms with E-state index >= 15 is 0 Å². The zero-order chi connectivity index (χ0) is 9.97. The molecule has 0 radical (unpaired) electrons. The molecule has 2 fully saturated rings. The molecule has 0 saturated heterocycles. The van der Waals surface area contributed by atoms with Crippen molar-refractivity contribution in [3.8, 4) is 0 Å². The highest BCUT2D eigenvalue weighted by atomic mass is 14.9. The fourth-order valence-electron chi connectivity index (χ4n) is 3.45. The van der Waals surface area contributed by atoms with Gasteiger partial charge in [0.05, 0.1) is 0 Å². The first-order chi connectivity index (χ1) is 6.85. The van der Waals surface area contributed by atoms with Gasteiger partial charge in [-0.2, -0.15) is 0 Å². The summed E-state index contributed by atoms with van der Waals surface area (Å²) in [5.41, 5.74) is 0. The summed E-state index contributed by atoms with van der Waals surface area (Å²) in [4.78, 5) is 0. The molecule has 4 atom stereocenters. The molecule has 0 amide bonds. The molecule has 0 aromatic carbocycles. The fraction of sp³-hybridized carbons (Fsp3) is 0.846. The Hall–Kier alpha value is -0.300. The molecule has 0 spiro atoms. The highest BCUT2D eigenvalue weighted by Crippen LogP contribution is 2.49. The molecule has 2 rings (SSSR count). The molecule has 4 unspecified atom stereocenters. The highest BCUT2D eigenvalue weighted by molar-refractivity contribution is 5.01. The third-order valence-electron chi connectivity index (χ3n) is 4.14. The van der Waals surface area contributed by atoms with Gasteiger partial charge in [0.25, 0.3) is 0 Å². The normalized spacial score (nSPS) is 37.4. The molecule has 0 heterocycles. The van der Waals surface area contributed by atoms with Gasteiger partial charge in [0.15, 0.2) is 0 Å². The molecule has 0 aliphatic heterocycles. The molecule has 1 N–H and O–H groups in total. The standard InChI is InChI=1S/C13H23N/c1-3-7-14-13(4-2)12-9-10-5-6-11(12)8-10/h4,10-14H,2-3,5-9H2,1H3. The number of rotatable bonds is 5. The van der Waals surface area contributed by atoms with Crippen molar-refractivity contribution in [3.05, 3.63) is 12.7 Å². The maximum absolute atomic E-state index is 3.98. The number of hydrogen-bond acceptors (Lipinski definition) is 1. The first kappa shape index (κ1) is 10.2. The number of fused-ring (bicyclic) bond motifs is 2. The molecular weight excluding hydrogens is 170 g/mol. The second kappa shape index (κ2) is 4.48. The van der Waals surface area contributed by atoms with Crippen molar-refractivity contribution in [2.45, 2.75) is 45.1 Å². The Balaban J connectivity index is 1.89. The van der Waals surface area contributed by atoms with Crippen LogP contribution in [-0.4, -0.2) is 12.6 Å². The zero-order valence-corrected chi connectivity index (χ0v) is 9.34. The van der Waals surface area contributed by atoms with Crippen molar-refractivity contribution in [1.29, 1.82) is 0 Å². The fourth-order valence-corrected chi connectivity index (χ4v) is 3.45. The summed E-state index contributed by atoms with van der Waals surface area (Å²) in [7, 11) is 0. The van der Waals surface area contributed by atoms with Crippen molar-refractivity contribution in [2.24, 2.45) is 17.8 Å². The molecule has 2 saturated carbocycles. The second-order valence-electron chi connectivity index (χ2n) is 5.05. The van der Waals surface area contributed by atoms with Crippen LogP contribution in [0.4, 0.5) is 0 Å². The molecule has 0 aromatic heterocycles. The Morgan fingerprint density at radius 1 is 1.43 bits per heavy atom. The summed E-state index contributed by atoms with van der Waals surface area (Å²) < 4.78 is 0. The maximum atomic E-state index is 3.98. The van der Waals surface area contributed by atoms with Gasteiger partial charge in [-0.1, -0.05) is 19.4 Å². The van der Waals surface area contributed by atoms with Crippen LogP contribution in [-0.2, 0) is 0 Å². The maximum Gasteiger partial charge on any atom is 0.0278 e.